The number of aryl methyl sites for hydroxylation is 1. The van der Waals surface area contributed by atoms with Crippen molar-refractivity contribution in [3.8, 4) is 0 Å². The molecule has 35 heavy (non-hydrogen) atoms. The fraction of sp³-hybridized carbons (Fsp3) is 0.520. The maximum absolute atomic E-state index is 8.88. The molecular weight excluding hydrogens is 1010 g/mol. The second-order valence-corrected chi connectivity index (χ2v) is 23.8. The fourth-order valence-corrected chi connectivity index (χ4v) is 3.33. The van der Waals surface area contributed by atoms with Crippen molar-refractivity contribution >= 4 is 74.5 Å². The maximum atomic E-state index is 8.88. The van der Waals surface area contributed by atoms with E-state index in [0.717, 1.165) is 32.2 Å². The van der Waals surface area contributed by atoms with Crippen molar-refractivity contribution in [3.63, 3.8) is 0 Å². The number of halogens is 5. The van der Waals surface area contributed by atoms with Gasteiger partial charge in [-0.1, -0.05) is 60.7 Å². The Bertz CT molecular complexity index is 577. The molecule has 5 nitrogen and oxygen atoms in total. The van der Waals surface area contributed by atoms with Crippen molar-refractivity contribution in [2.24, 2.45) is 5.92 Å². The van der Waals surface area contributed by atoms with Crippen molar-refractivity contribution in [1.82, 2.24) is 5.32 Å². The summed E-state index contributed by atoms with van der Waals surface area (Å²) in [4.78, 5) is 0. The van der Waals surface area contributed by atoms with Gasteiger partial charge in [0.25, 0.3) is 0 Å². The Kier molecular flexibility index (Phi) is 35.8. The van der Waals surface area contributed by atoms with Crippen LogP contribution in [0.2, 0.25) is 0 Å². The first-order valence-electron chi connectivity index (χ1n) is 11.4. The normalized spacial score (nSPS) is 10.1. The minimum Gasteiger partial charge on any atom is -0.396 e. The fourth-order valence-electron chi connectivity index (χ4n) is 3.33. The molecular formula is C25H39I5NO4-. The van der Waals surface area contributed by atoms with Gasteiger partial charge in [0.1, 0.15) is 0 Å². The van der Waals surface area contributed by atoms with Crippen molar-refractivity contribution in [3.05, 3.63) is 71.8 Å². The molecule has 5 N–H and O–H groups in total. The Morgan fingerprint density at radius 1 is 0.629 bits per heavy atom. The number of aliphatic hydroxyl groups is 4. The summed E-state index contributed by atoms with van der Waals surface area (Å²) in [6, 6.07) is 20.7. The molecule has 0 heterocycles. The van der Waals surface area contributed by atoms with E-state index in [4.69, 9.17) is 20.4 Å². The van der Waals surface area contributed by atoms with Crippen LogP contribution in [-0.4, -0.2) is 52.9 Å². The average molecular weight is 1050 g/mol. The Morgan fingerprint density at radius 3 is 1.43 bits per heavy atom. The summed E-state index contributed by atoms with van der Waals surface area (Å²) in [5, 5.41) is 38.8. The molecule has 2 aromatic rings. The van der Waals surface area contributed by atoms with Gasteiger partial charge < -0.3 is 25.7 Å². The van der Waals surface area contributed by atoms with Crippen LogP contribution >= 0.6 is 74.5 Å². The number of hydrogen-bond donors (Lipinski definition) is 5. The molecule has 0 aliphatic rings. The topological polar surface area (TPSA) is 93.0 Å². The number of benzene rings is 2. The first-order chi connectivity index (χ1) is 17.1. The Labute approximate surface area is 265 Å². The molecule has 2 aromatic carbocycles. The Morgan fingerprint density at radius 2 is 1.03 bits per heavy atom. The molecule has 0 atom stereocenters. The predicted molar refractivity (Wildman–Crippen MR) is 178 cm³/mol. The van der Waals surface area contributed by atoms with Crippen LogP contribution in [0.3, 0.4) is 0 Å². The van der Waals surface area contributed by atoms with E-state index in [9.17, 15) is 0 Å². The van der Waals surface area contributed by atoms with E-state index in [1.807, 2.05) is 36.4 Å². The Balaban J connectivity index is 0. The van der Waals surface area contributed by atoms with Crippen LogP contribution < -0.4 is 18.6 Å². The van der Waals surface area contributed by atoms with Crippen molar-refractivity contribution in [2.75, 3.05) is 26.4 Å². The van der Waals surface area contributed by atoms with Crippen LogP contribution in [0.4, 0.5) is 0 Å². The third-order valence-electron chi connectivity index (χ3n) is 5.15. The molecule has 0 amide bonds. The van der Waals surface area contributed by atoms with E-state index in [-0.39, 0.29) is 32.5 Å². The number of hydrogen-bond acceptors (Lipinski definition) is 5. The summed E-state index contributed by atoms with van der Waals surface area (Å²) in [6.45, 7) is 1.54. The van der Waals surface area contributed by atoms with Crippen molar-refractivity contribution in [1.29, 1.82) is 0 Å². The van der Waals surface area contributed by atoms with Gasteiger partial charge in [-0.15, -0.1) is 0 Å². The molecule has 0 spiro atoms. The first kappa shape index (κ1) is 39.0. The van der Waals surface area contributed by atoms with E-state index < -0.39 is 0 Å². The largest absolute Gasteiger partial charge is 0.396 e. The third kappa shape index (κ3) is 25.9. The van der Waals surface area contributed by atoms with Gasteiger partial charge in [0.05, 0.1) is 0 Å². The van der Waals surface area contributed by atoms with Crippen LogP contribution in [0, 0.1) is 5.92 Å². The SMILES string of the molecule is II.I[I-]I.OCCC(CCO)CCc1ccccc1.OCCC(CCO)NCc1ccccc1. The monoisotopic (exact) mass is 1050 g/mol. The van der Waals surface area contributed by atoms with Crippen LogP contribution in [0.25, 0.3) is 0 Å². The number of aliphatic hydroxyl groups excluding tert-OH is 4. The van der Waals surface area contributed by atoms with Gasteiger partial charge >= 0.3 is 50.5 Å². The van der Waals surface area contributed by atoms with Crippen molar-refractivity contribution in [2.45, 2.75) is 51.1 Å². The molecule has 0 saturated heterocycles. The van der Waals surface area contributed by atoms with Gasteiger partial charge in [-0.3, -0.25) is 0 Å². The zero-order valence-electron chi connectivity index (χ0n) is 19.9. The summed E-state index contributed by atoms with van der Waals surface area (Å²) < 4.78 is 0. The number of rotatable bonds is 14. The van der Waals surface area contributed by atoms with Gasteiger partial charge in [-0.05, 0) is 55.6 Å². The zero-order valence-corrected chi connectivity index (χ0v) is 30.7. The summed E-state index contributed by atoms with van der Waals surface area (Å²) in [5.74, 6) is 0.445. The molecule has 10 heteroatoms. The molecule has 0 fully saturated rings. The molecule has 0 aliphatic carbocycles. The minimum absolute atomic E-state index is 0.159. The molecule has 0 aromatic heterocycles. The molecule has 0 saturated carbocycles. The molecule has 0 aliphatic heterocycles. The van der Waals surface area contributed by atoms with Crippen LogP contribution in [-0.2, 0) is 13.0 Å². The van der Waals surface area contributed by atoms with Crippen LogP contribution in [0.5, 0.6) is 0 Å². The molecule has 0 radical (unpaired) electrons. The second kappa shape index (κ2) is 32.1. The van der Waals surface area contributed by atoms with Gasteiger partial charge in [-0.2, -0.15) is 0 Å². The van der Waals surface area contributed by atoms with E-state index in [1.54, 1.807) is 0 Å². The van der Waals surface area contributed by atoms with Gasteiger partial charge in [-0.25, -0.2) is 0 Å². The van der Waals surface area contributed by atoms with E-state index in [1.165, 1.54) is 11.1 Å². The standard InChI is InChI=1S/C13H20O2.C12H19NO2.I3.I2/c14-10-8-13(9-11-15)7-6-12-4-2-1-3-5-12;14-8-6-12(7-9-15)13-10-11-4-2-1-3-5-11;1-3-2;1-2/h1-5,13-15H,6-11H2;1-5,12-15H,6-10H2;;/q;;-1;. The quantitative estimate of drug-likeness (QED) is 0.187. The van der Waals surface area contributed by atoms with Crippen LogP contribution in [0.15, 0.2) is 60.7 Å². The summed E-state index contributed by atoms with van der Waals surface area (Å²) in [5.41, 5.74) is 2.55. The Hall–Kier alpha value is 1.89. The van der Waals surface area contributed by atoms with E-state index in [0.29, 0.717) is 32.0 Å². The third-order valence-corrected chi connectivity index (χ3v) is 5.15. The van der Waals surface area contributed by atoms with Crippen molar-refractivity contribution < 1.29 is 33.7 Å². The summed E-state index contributed by atoms with van der Waals surface area (Å²) in [7, 11) is 0. The van der Waals surface area contributed by atoms with Gasteiger partial charge in [0, 0.05) is 76.2 Å². The second-order valence-electron chi connectivity index (χ2n) is 7.56. The molecule has 2 rings (SSSR count). The summed E-state index contributed by atoms with van der Waals surface area (Å²) >= 11 is 9.54. The average Bonchev–Trinajstić information content (AvgIpc) is 2.90. The van der Waals surface area contributed by atoms with Gasteiger partial charge in [0.15, 0.2) is 0 Å². The van der Waals surface area contributed by atoms with Gasteiger partial charge in [0.2, 0.25) is 0 Å². The molecule has 0 unspecified atom stereocenters. The first-order valence-corrected chi connectivity index (χ1v) is 30.3. The van der Waals surface area contributed by atoms with E-state index >= 15 is 0 Å². The summed E-state index contributed by atoms with van der Waals surface area (Å²) in [6.07, 6.45) is 5.05. The smallest absolute Gasteiger partial charge is 0.0445 e. The van der Waals surface area contributed by atoms with Crippen LogP contribution in [0.1, 0.15) is 43.2 Å². The zero-order chi connectivity index (χ0) is 26.6. The minimum atomic E-state index is 0.159. The van der Waals surface area contributed by atoms with E-state index in [2.05, 4.69) is 104 Å². The molecule has 204 valence electrons. The molecule has 0 bridgehead atoms. The predicted octanol–water partition coefficient (Wildman–Crippen LogP) is 3.46. The number of nitrogens with one attached hydrogen (secondary N) is 1. The maximum Gasteiger partial charge on any atom is 0.0445 e.